The average molecular weight is 406 g/mol. The molecule has 0 fully saturated rings. The molecule has 1 aliphatic rings. The van der Waals surface area contributed by atoms with Gasteiger partial charge in [0.1, 0.15) is 5.76 Å². The quantitative estimate of drug-likeness (QED) is 0.681. The summed E-state index contributed by atoms with van der Waals surface area (Å²) in [5, 5.41) is 7.33. The van der Waals surface area contributed by atoms with Crippen molar-refractivity contribution < 1.29 is 14.0 Å². The van der Waals surface area contributed by atoms with Gasteiger partial charge in [0, 0.05) is 30.9 Å². The van der Waals surface area contributed by atoms with Crippen molar-refractivity contribution in [2.45, 2.75) is 46.7 Å². The number of furan rings is 1. The highest BCUT2D eigenvalue weighted by Gasteiger charge is 2.23. The van der Waals surface area contributed by atoms with Crippen molar-refractivity contribution in [3.8, 4) is 0 Å². The van der Waals surface area contributed by atoms with Gasteiger partial charge in [0.25, 0.3) is 5.91 Å². The van der Waals surface area contributed by atoms with Crippen LogP contribution in [0.2, 0.25) is 0 Å². The van der Waals surface area contributed by atoms with Crippen LogP contribution in [0.15, 0.2) is 40.8 Å². The van der Waals surface area contributed by atoms with E-state index in [0.717, 1.165) is 41.2 Å². The molecule has 30 heavy (non-hydrogen) atoms. The lowest BCUT2D eigenvalue weighted by Crippen LogP contribution is -2.27. The highest BCUT2D eigenvalue weighted by Crippen LogP contribution is 2.29. The normalized spacial score (nSPS) is 12.8. The summed E-state index contributed by atoms with van der Waals surface area (Å²) >= 11 is 0. The molecule has 2 aromatic heterocycles. The highest BCUT2D eigenvalue weighted by molar-refractivity contribution is 5.95. The molecule has 0 spiro atoms. The predicted octanol–water partition coefficient (Wildman–Crippen LogP) is 3.37. The van der Waals surface area contributed by atoms with Crippen molar-refractivity contribution in [2.24, 2.45) is 0 Å². The molecule has 0 radical (unpaired) electrons. The molecule has 0 saturated heterocycles. The molecule has 1 aliphatic heterocycles. The van der Waals surface area contributed by atoms with Gasteiger partial charge in [0.2, 0.25) is 5.91 Å². The van der Waals surface area contributed by atoms with Crippen LogP contribution in [-0.2, 0) is 24.3 Å². The van der Waals surface area contributed by atoms with Gasteiger partial charge in [-0.2, -0.15) is 5.10 Å². The Labute approximate surface area is 175 Å². The van der Waals surface area contributed by atoms with Gasteiger partial charge in [-0.15, -0.1) is 0 Å². The van der Waals surface area contributed by atoms with E-state index in [1.165, 1.54) is 0 Å². The summed E-state index contributed by atoms with van der Waals surface area (Å²) in [4.78, 5) is 26.4. The van der Waals surface area contributed by atoms with E-state index in [1.807, 2.05) is 48.6 Å². The molecule has 156 valence electrons. The van der Waals surface area contributed by atoms with Crippen LogP contribution in [0.25, 0.3) is 0 Å². The van der Waals surface area contributed by atoms with Crippen LogP contribution < -0.4 is 10.2 Å². The van der Waals surface area contributed by atoms with E-state index in [0.29, 0.717) is 25.3 Å². The number of nitrogens with one attached hydrogen (secondary N) is 1. The van der Waals surface area contributed by atoms with Crippen molar-refractivity contribution in [3.63, 3.8) is 0 Å². The van der Waals surface area contributed by atoms with Gasteiger partial charge in [0.15, 0.2) is 5.76 Å². The average Bonchev–Trinajstić information content (AvgIpc) is 3.44. The van der Waals surface area contributed by atoms with Gasteiger partial charge in [-0.25, -0.2) is 0 Å². The number of amides is 2. The molecule has 7 nitrogen and oxygen atoms in total. The second-order valence-electron chi connectivity index (χ2n) is 7.65. The number of benzene rings is 1. The van der Waals surface area contributed by atoms with Gasteiger partial charge >= 0.3 is 0 Å². The molecule has 0 bridgehead atoms. The molecule has 0 saturated carbocycles. The van der Waals surface area contributed by atoms with Crippen LogP contribution in [0.5, 0.6) is 0 Å². The van der Waals surface area contributed by atoms with Crippen molar-refractivity contribution in [1.82, 2.24) is 15.1 Å². The number of aromatic nitrogens is 2. The number of carbonyl (C=O) groups is 2. The summed E-state index contributed by atoms with van der Waals surface area (Å²) in [5.74, 6) is 0.860. The number of hydrogen-bond acceptors (Lipinski definition) is 4. The largest absolute Gasteiger partial charge is 0.454 e. The Morgan fingerprint density at radius 1 is 1.17 bits per heavy atom. The fourth-order valence-corrected chi connectivity index (χ4v) is 3.85. The van der Waals surface area contributed by atoms with E-state index < -0.39 is 0 Å². The first-order chi connectivity index (χ1) is 14.4. The number of nitrogens with zero attached hydrogens (tertiary/aromatic N) is 3. The minimum absolute atomic E-state index is 0.142. The number of carbonyl (C=O) groups excluding carboxylic acids is 2. The van der Waals surface area contributed by atoms with Crippen LogP contribution in [0.1, 0.15) is 52.2 Å². The number of anilines is 1. The zero-order valence-corrected chi connectivity index (χ0v) is 17.6. The van der Waals surface area contributed by atoms with E-state index in [1.54, 1.807) is 12.1 Å². The molecule has 0 atom stereocenters. The van der Waals surface area contributed by atoms with E-state index in [-0.39, 0.29) is 17.6 Å². The third-order valence-corrected chi connectivity index (χ3v) is 5.39. The van der Waals surface area contributed by atoms with E-state index in [4.69, 9.17) is 4.42 Å². The van der Waals surface area contributed by atoms with Gasteiger partial charge in [0.05, 0.1) is 12.2 Å². The van der Waals surface area contributed by atoms with Crippen LogP contribution in [0.4, 0.5) is 5.69 Å². The summed E-state index contributed by atoms with van der Waals surface area (Å²) in [5.41, 5.74) is 5.13. The molecular weight excluding hydrogens is 380 g/mol. The van der Waals surface area contributed by atoms with E-state index in [2.05, 4.69) is 16.5 Å². The molecule has 0 unspecified atom stereocenters. The molecule has 7 heteroatoms. The van der Waals surface area contributed by atoms with Gasteiger partial charge in [-0.1, -0.05) is 19.1 Å². The Kier molecular flexibility index (Phi) is 5.44. The van der Waals surface area contributed by atoms with Crippen molar-refractivity contribution >= 4 is 17.5 Å². The molecular formula is C23H26N4O3. The summed E-state index contributed by atoms with van der Waals surface area (Å²) in [6.45, 7) is 7.43. The first kappa shape index (κ1) is 19.9. The number of rotatable bonds is 6. The Morgan fingerprint density at radius 2 is 2.00 bits per heavy atom. The zero-order chi connectivity index (χ0) is 21.3. The molecule has 0 aliphatic carbocycles. The topological polar surface area (TPSA) is 80.4 Å². The van der Waals surface area contributed by atoms with Gasteiger partial charge < -0.3 is 14.6 Å². The third-order valence-electron chi connectivity index (χ3n) is 5.39. The Morgan fingerprint density at radius 3 is 2.73 bits per heavy atom. The minimum Gasteiger partial charge on any atom is -0.454 e. The van der Waals surface area contributed by atoms with Gasteiger partial charge in [-0.05, 0) is 55.7 Å². The van der Waals surface area contributed by atoms with Crippen molar-refractivity contribution in [3.05, 3.63) is 70.4 Å². The number of aryl methyl sites for hydroxylation is 2. The van der Waals surface area contributed by atoms with Crippen LogP contribution in [0.3, 0.4) is 0 Å². The molecule has 1 N–H and O–H groups in total. The minimum atomic E-state index is -0.252. The lowest BCUT2D eigenvalue weighted by atomic mass is 10.1. The fraction of sp³-hybridized carbons (Fsp3) is 0.348. The Hall–Kier alpha value is -3.35. The lowest BCUT2D eigenvalue weighted by molar-refractivity contribution is -0.118. The zero-order valence-electron chi connectivity index (χ0n) is 17.6. The van der Waals surface area contributed by atoms with Gasteiger partial charge in [-0.3, -0.25) is 14.3 Å². The summed E-state index contributed by atoms with van der Waals surface area (Å²) in [6, 6.07) is 11.5. The Balaban J connectivity index is 1.37. The molecule has 2 amide bonds. The first-order valence-corrected chi connectivity index (χ1v) is 10.2. The molecule has 4 rings (SSSR count). The van der Waals surface area contributed by atoms with Crippen LogP contribution in [0, 0.1) is 13.8 Å². The lowest BCUT2D eigenvalue weighted by Gasteiger charge is -2.16. The van der Waals surface area contributed by atoms with E-state index >= 15 is 0 Å². The maximum atomic E-state index is 12.5. The smallest absolute Gasteiger partial charge is 0.287 e. The van der Waals surface area contributed by atoms with Crippen molar-refractivity contribution in [2.75, 3.05) is 11.4 Å². The summed E-state index contributed by atoms with van der Waals surface area (Å²) in [7, 11) is 0. The first-order valence-electron chi connectivity index (χ1n) is 10.2. The number of hydrogen-bond donors (Lipinski definition) is 1. The SMILES string of the molecule is CCC(=O)N1CCc2cc(CNC(=O)c3ccc(Cn4nc(C)cc4C)o3)ccc21. The summed E-state index contributed by atoms with van der Waals surface area (Å²) < 4.78 is 7.57. The standard InChI is InChI=1S/C23H26N4O3/c1-4-22(28)26-10-9-18-12-17(5-7-20(18)26)13-24-23(29)21-8-6-19(30-21)14-27-16(3)11-15(2)25-27/h5-8,11-12H,4,9-10,13-14H2,1-3H3,(H,24,29). The fourth-order valence-electron chi connectivity index (χ4n) is 3.85. The molecule has 1 aromatic carbocycles. The molecule has 3 heterocycles. The molecule has 3 aromatic rings. The Bertz CT molecular complexity index is 1100. The second-order valence-corrected chi connectivity index (χ2v) is 7.65. The van der Waals surface area contributed by atoms with Crippen LogP contribution >= 0.6 is 0 Å². The monoisotopic (exact) mass is 406 g/mol. The van der Waals surface area contributed by atoms with Crippen molar-refractivity contribution in [1.29, 1.82) is 0 Å². The van der Waals surface area contributed by atoms with E-state index in [9.17, 15) is 9.59 Å². The summed E-state index contributed by atoms with van der Waals surface area (Å²) in [6.07, 6.45) is 1.35. The third kappa shape index (κ3) is 4.01. The number of fused-ring (bicyclic) bond motifs is 1. The highest BCUT2D eigenvalue weighted by atomic mass is 16.4. The maximum Gasteiger partial charge on any atom is 0.287 e. The van der Waals surface area contributed by atoms with Crippen LogP contribution in [-0.4, -0.2) is 28.1 Å². The maximum absolute atomic E-state index is 12.5. The second kappa shape index (κ2) is 8.18. The predicted molar refractivity (Wildman–Crippen MR) is 113 cm³/mol.